The lowest BCUT2D eigenvalue weighted by Gasteiger charge is -2.37. The molecule has 0 spiro atoms. The molecular weight excluding hydrogens is 433 g/mol. The van der Waals surface area contributed by atoms with Gasteiger partial charge in [-0.2, -0.15) is 17.5 Å². The summed E-state index contributed by atoms with van der Waals surface area (Å²) in [6.07, 6.45) is -2.62. The van der Waals surface area contributed by atoms with Gasteiger partial charge in [-0.15, -0.1) is 0 Å². The number of sulfonamides is 1. The molecule has 0 bridgehead atoms. The summed E-state index contributed by atoms with van der Waals surface area (Å²) in [6, 6.07) is 4.27. The highest BCUT2D eigenvalue weighted by atomic mass is 32.2. The molecule has 0 unspecified atom stereocenters. The van der Waals surface area contributed by atoms with Crippen LogP contribution in [0.4, 0.5) is 13.2 Å². The van der Waals surface area contributed by atoms with Crippen LogP contribution >= 0.6 is 0 Å². The van der Waals surface area contributed by atoms with Crippen LogP contribution in [0.5, 0.6) is 0 Å². The van der Waals surface area contributed by atoms with Crippen molar-refractivity contribution in [2.75, 3.05) is 33.4 Å². The van der Waals surface area contributed by atoms with Crippen molar-refractivity contribution in [1.82, 2.24) is 9.21 Å². The third-order valence-electron chi connectivity index (χ3n) is 5.82. The van der Waals surface area contributed by atoms with Crippen molar-refractivity contribution in [3.05, 3.63) is 29.8 Å². The van der Waals surface area contributed by atoms with Crippen LogP contribution < -0.4 is 0 Å². The van der Waals surface area contributed by atoms with Crippen molar-refractivity contribution in [1.29, 1.82) is 0 Å². The van der Waals surface area contributed by atoms with E-state index in [2.05, 4.69) is 0 Å². The van der Waals surface area contributed by atoms with Crippen LogP contribution in [-0.4, -0.2) is 62.9 Å². The minimum Gasteiger partial charge on any atom is -0.383 e. The molecule has 1 saturated heterocycles. The van der Waals surface area contributed by atoms with Gasteiger partial charge in [0.2, 0.25) is 15.9 Å². The number of hydrogen-bond acceptors (Lipinski definition) is 4. The van der Waals surface area contributed by atoms with Gasteiger partial charge in [-0.05, 0) is 37.8 Å². The van der Waals surface area contributed by atoms with Gasteiger partial charge in [0.15, 0.2) is 0 Å². The SMILES string of the molecule is CCC(CC)N(CCOC)C(=O)C1CCN(S(=O)(=O)c2ccccc2C(F)(F)F)CC1. The number of alkyl halides is 3. The van der Waals surface area contributed by atoms with Crippen molar-refractivity contribution < 1.29 is 31.1 Å². The van der Waals surface area contributed by atoms with E-state index in [4.69, 9.17) is 4.74 Å². The van der Waals surface area contributed by atoms with E-state index >= 15 is 0 Å². The molecule has 0 aliphatic carbocycles. The molecule has 0 N–H and O–H groups in total. The third kappa shape index (κ3) is 5.98. The molecule has 1 heterocycles. The van der Waals surface area contributed by atoms with Gasteiger partial charge in [0.25, 0.3) is 0 Å². The first kappa shape index (κ1) is 25.6. The molecular formula is C21H31F3N2O4S. The molecule has 0 radical (unpaired) electrons. The third-order valence-corrected chi connectivity index (χ3v) is 7.77. The normalized spacial score (nSPS) is 16.6. The van der Waals surface area contributed by atoms with E-state index in [1.165, 1.54) is 12.1 Å². The van der Waals surface area contributed by atoms with Crippen LogP contribution in [0, 0.1) is 5.92 Å². The molecule has 6 nitrogen and oxygen atoms in total. The summed E-state index contributed by atoms with van der Waals surface area (Å²) in [7, 11) is -2.75. The summed E-state index contributed by atoms with van der Waals surface area (Å²) in [5.74, 6) is -0.403. The Morgan fingerprint density at radius 1 is 1.19 bits per heavy atom. The van der Waals surface area contributed by atoms with Gasteiger partial charge in [0.1, 0.15) is 0 Å². The number of methoxy groups -OCH3 is 1. The molecule has 176 valence electrons. The van der Waals surface area contributed by atoms with E-state index in [0.29, 0.717) is 13.2 Å². The second-order valence-corrected chi connectivity index (χ2v) is 9.57. The van der Waals surface area contributed by atoms with E-state index in [0.717, 1.165) is 29.3 Å². The molecule has 1 amide bonds. The lowest BCUT2D eigenvalue weighted by Crippen LogP contribution is -2.48. The molecule has 0 atom stereocenters. The average molecular weight is 465 g/mol. The van der Waals surface area contributed by atoms with Gasteiger partial charge >= 0.3 is 6.18 Å². The summed E-state index contributed by atoms with van der Waals surface area (Å²) in [5.41, 5.74) is -1.17. The first-order chi connectivity index (χ1) is 14.6. The highest BCUT2D eigenvalue weighted by molar-refractivity contribution is 7.89. The van der Waals surface area contributed by atoms with E-state index < -0.39 is 26.7 Å². The maximum atomic E-state index is 13.3. The predicted octanol–water partition coefficient (Wildman–Crippen LogP) is 3.77. The quantitative estimate of drug-likeness (QED) is 0.558. The van der Waals surface area contributed by atoms with E-state index in [1.807, 2.05) is 13.8 Å². The van der Waals surface area contributed by atoms with Crippen LogP contribution in [0.3, 0.4) is 0 Å². The molecule has 1 aliphatic heterocycles. The van der Waals surface area contributed by atoms with Gasteiger partial charge in [-0.1, -0.05) is 26.0 Å². The molecule has 1 fully saturated rings. The number of benzene rings is 1. The van der Waals surface area contributed by atoms with E-state index in [9.17, 15) is 26.4 Å². The minimum atomic E-state index is -4.77. The smallest absolute Gasteiger partial charge is 0.383 e. The molecule has 1 aromatic rings. The summed E-state index contributed by atoms with van der Waals surface area (Å²) in [5, 5.41) is 0. The summed E-state index contributed by atoms with van der Waals surface area (Å²) in [6.45, 7) is 4.89. The van der Waals surface area contributed by atoms with Crippen LogP contribution in [0.25, 0.3) is 0 Å². The standard InChI is InChI=1S/C21H31F3N2O4S/c1-4-17(5-2)26(14-15-30-3)20(27)16-10-12-25(13-11-16)31(28,29)19-9-7-6-8-18(19)21(22,23)24/h6-9,16-17H,4-5,10-15H2,1-3H3. The Balaban J connectivity index is 2.15. The number of hydrogen-bond donors (Lipinski definition) is 0. The number of halogens is 3. The zero-order chi connectivity index (χ0) is 23.2. The number of nitrogens with zero attached hydrogens (tertiary/aromatic N) is 2. The van der Waals surface area contributed by atoms with E-state index in [-0.39, 0.29) is 43.8 Å². The van der Waals surface area contributed by atoms with Crippen LogP contribution in [-0.2, 0) is 25.7 Å². The molecule has 1 aliphatic rings. The van der Waals surface area contributed by atoms with Gasteiger partial charge in [-0.3, -0.25) is 4.79 Å². The highest BCUT2D eigenvalue weighted by Gasteiger charge is 2.40. The fourth-order valence-electron chi connectivity index (χ4n) is 4.03. The summed E-state index contributed by atoms with van der Waals surface area (Å²) >= 11 is 0. The number of amides is 1. The summed E-state index contributed by atoms with van der Waals surface area (Å²) < 4.78 is 71.9. The fourth-order valence-corrected chi connectivity index (χ4v) is 5.72. The van der Waals surface area contributed by atoms with Gasteiger partial charge in [0, 0.05) is 38.7 Å². The topological polar surface area (TPSA) is 66.9 Å². The highest BCUT2D eigenvalue weighted by Crippen LogP contribution is 2.36. The number of piperidine rings is 1. The van der Waals surface area contributed by atoms with Crippen molar-refractivity contribution in [2.24, 2.45) is 5.92 Å². The maximum Gasteiger partial charge on any atom is 0.417 e. The van der Waals surface area contributed by atoms with Crippen molar-refractivity contribution >= 4 is 15.9 Å². The predicted molar refractivity (Wildman–Crippen MR) is 111 cm³/mol. The first-order valence-corrected chi connectivity index (χ1v) is 12.0. The van der Waals surface area contributed by atoms with E-state index in [1.54, 1.807) is 12.0 Å². The zero-order valence-corrected chi connectivity index (χ0v) is 19.0. The lowest BCUT2D eigenvalue weighted by atomic mass is 9.95. The zero-order valence-electron chi connectivity index (χ0n) is 18.2. The molecule has 1 aromatic carbocycles. The largest absolute Gasteiger partial charge is 0.417 e. The number of ether oxygens (including phenoxy) is 1. The fraction of sp³-hybridized carbons (Fsp3) is 0.667. The minimum absolute atomic E-state index is 0.00592. The Morgan fingerprint density at radius 2 is 1.77 bits per heavy atom. The Labute approximate surface area is 182 Å². The van der Waals surface area contributed by atoms with Gasteiger partial charge in [0.05, 0.1) is 17.1 Å². The molecule has 0 saturated carbocycles. The van der Waals surface area contributed by atoms with Crippen molar-refractivity contribution in [3.63, 3.8) is 0 Å². The Kier molecular flexibility index (Phi) is 8.91. The molecule has 31 heavy (non-hydrogen) atoms. The Bertz CT molecular complexity index is 833. The summed E-state index contributed by atoms with van der Waals surface area (Å²) in [4.78, 5) is 14.2. The number of carbonyl (C=O) groups is 1. The Morgan fingerprint density at radius 3 is 2.29 bits per heavy atom. The first-order valence-electron chi connectivity index (χ1n) is 10.5. The monoisotopic (exact) mass is 464 g/mol. The molecule has 0 aromatic heterocycles. The molecule has 10 heteroatoms. The second-order valence-electron chi connectivity index (χ2n) is 7.67. The van der Waals surface area contributed by atoms with Crippen LogP contribution in [0.2, 0.25) is 0 Å². The van der Waals surface area contributed by atoms with Gasteiger partial charge in [-0.25, -0.2) is 8.42 Å². The average Bonchev–Trinajstić information content (AvgIpc) is 2.75. The van der Waals surface area contributed by atoms with Crippen LogP contribution in [0.15, 0.2) is 29.2 Å². The molecule has 2 rings (SSSR count). The van der Waals surface area contributed by atoms with Gasteiger partial charge < -0.3 is 9.64 Å². The Hall–Kier alpha value is -1.65. The van der Waals surface area contributed by atoms with Crippen molar-refractivity contribution in [3.8, 4) is 0 Å². The lowest BCUT2D eigenvalue weighted by molar-refractivity contribution is -0.140. The van der Waals surface area contributed by atoms with Crippen molar-refractivity contribution in [2.45, 2.75) is 56.6 Å². The number of carbonyl (C=O) groups excluding carboxylic acids is 1. The maximum absolute atomic E-state index is 13.3. The van der Waals surface area contributed by atoms with Crippen LogP contribution in [0.1, 0.15) is 45.1 Å². The second kappa shape index (κ2) is 10.8. The number of rotatable bonds is 9.